The zero-order chi connectivity index (χ0) is 21.0. The zero-order valence-corrected chi connectivity index (χ0v) is 17.7. The number of primary sulfonamides is 1. The van der Waals surface area contributed by atoms with Crippen LogP contribution in [0.4, 0.5) is 5.69 Å². The number of thioether (sulfide) groups is 1. The van der Waals surface area contributed by atoms with E-state index in [1.165, 1.54) is 36.0 Å². The number of H-pyrrole nitrogens is 1. The van der Waals surface area contributed by atoms with Crippen molar-refractivity contribution in [3.8, 4) is 11.3 Å². The number of nitrogens with zero attached hydrogens (tertiary/aromatic N) is 1. The lowest BCUT2D eigenvalue weighted by Crippen LogP contribution is -2.24. The molecule has 0 saturated carbocycles. The van der Waals surface area contributed by atoms with Crippen molar-refractivity contribution in [1.82, 2.24) is 9.97 Å². The van der Waals surface area contributed by atoms with E-state index in [0.29, 0.717) is 17.3 Å². The molecule has 1 atom stereocenters. The van der Waals surface area contributed by atoms with E-state index < -0.39 is 10.0 Å². The highest BCUT2D eigenvalue weighted by Gasteiger charge is 2.21. The second-order valence-electron chi connectivity index (χ2n) is 6.45. The number of benzene rings is 2. The molecule has 2 aromatic carbocycles. The average Bonchev–Trinajstić information content (AvgIpc) is 3.06. The molecule has 29 heavy (non-hydrogen) atoms. The first-order valence-electron chi connectivity index (χ1n) is 9.00. The topological polar surface area (TPSA) is 118 Å². The van der Waals surface area contributed by atoms with Crippen LogP contribution in [0.1, 0.15) is 19.0 Å². The summed E-state index contributed by atoms with van der Waals surface area (Å²) in [5.41, 5.74) is 3.32. The number of aromatic amines is 1. The smallest absolute Gasteiger partial charge is 0.238 e. The standard InChI is InChI=1S/C20H22N4O3S2/c1-3-17(19(25)23-15-9-11-16(12-10-15)29(21,26)27)28-20-22-13(2)18(24-20)14-7-5-4-6-8-14/h4-12,17H,3H2,1-2H3,(H,22,24)(H,23,25)(H2,21,26,27). The van der Waals surface area contributed by atoms with E-state index in [1.54, 1.807) is 0 Å². The molecule has 0 bridgehead atoms. The number of sulfonamides is 1. The van der Waals surface area contributed by atoms with Gasteiger partial charge in [0.2, 0.25) is 15.9 Å². The molecule has 1 heterocycles. The molecule has 0 spiro atoms. The first kappa shape index (κ1) is 21.1. The van der Waals surface area contributed by atoms with Gasteiger partial charge in [-0.25, -0.2) is 18.5 Å². The first-order valence-corrected chi connectivity index (χ1v) is 11.4. The summed E-state index contributed by atoms with van der Waals surface area (Å²) in [6.07, 6.45) is 0.603. The van der Waals surface area contributed by atoms with Crippen LogP contribution in [0.3, 0.4) is 0 Å². The Kier molecular flexibility index (Phi) is 6.41. The lowest BCUT2D eigenvalue weighted by atomic mass is 10.1. The number of hydrogen-bond acceptors (Lipinski definition) is 5. The number of amides is 1. The molecule has 0 fully saturated rings. The Balaban J connectivity index is 1.71. The second kappa shape index (κ2) is 8.81. The van der Waals surface area contributed by atoms with E-state index in [2.05, 4.69) is 15.3 Å². The highest BCUT2D eigenvalue weighted by atomic mass is 32.2. The van der Waals surface area contributed by atoms with Gasteiger partial charge in [-0.1, -0.05) is 49.0 Å². The minimum absolute atomic E-state index is 0.00332. The summed E-state index contributed by atoms with van der Waals surface area (Å²) in [6.45, 7) is 3.88. The van der Waals surface area contributed by atoms with Gasteiger partial charge in [0.1, 0.15) is 0 Å². The molecule has 152 valence electrons. The Bertz CT molecular complexity index is 1090. The summed E-state index contributed by atoms with van der Waals surface area (Å²) in [4.78, 5) is 20.6. The molecular formula is C20H22N4O3S2. The number of hydrogen-bond donors (Lipinski definition) is 3. The fourth-order valence-corrected chi connectivity index (χ4v) is 4.25. The van der Waals surface area contributed by atoms with E-state index in [0.717, 1.165) is 17.0 Å². The SMILES string of the molecule is CCC(Sc1nc(-c2ccccc2)c(C)[nH]1)C(=O)Nc1ccc(S(N)(=O)=O)cc1. The molecule has 3 aromatic rings. The Morgan fingerprint density at radius 1 is 1.17 bits per heavy atom. The van der Waals surface area contributed by atoms with Crippen molar-refractivity contribution >= 4 is 33.4 Å². The van der Waals surface area contributed by atoms with Crippen LogP contribution in [0.2, 0.25) is 0 Å². The molecule has 0 aliphatic heterocycles. The van der Waals surface area contributed by atoms with Crippen molar-refractivity contribution in [1.29, 1.82) is 0 Å². The van der Waals surface area contributed by atoms with Gasteiger partial charge in [0.25, 0.3) is 0 Å². The Labute approximate surface area is 174 Å². The van der Waals surface area contributed by atoms with Crippen LogP contribution in [0, 0.1) is 6.92 Å². The summed E-state index contributed by atoms with van der Waals surface area (Å²) in [5.74, 6) is -0.184. The largest absolute Gasteiger partial charge is 0.336 e. The molecular weight excluding hydrogens is 408 g/mol. The summed E-state index contributed by atoms with van der Waals surface area (Å²) in [7, 11) is -3.76. The maximum Gasteiger partial charge on any atom is 0.238 e. The molecule has 4 N–H and O–H groups in total. The number of aromatic nitrogens is 2. The van der Waals surface area contributed by atoms with Crippen LogP contribution < -0.4 is 10.5 Å². The van der Waals surface area contributed by atoms with Crippen LogP contribution in [0.5, 0.6) is 0 Å². The molecule has 1 aromatic heterocycles. The summed E-state index contributed by atoms with van der Waals surface area (Å²) < 4.78 is 22.7. The van der Waals surface area contributed by atoms with E-state index in [1.807, 2.05) is 44.2 Å². The molecule has 0 aliphatic carbocycles. The quantitative estimate of drug-likeness (QED) is 0.496. The normalized spacial score (nSPS) is 12.5. The third kappa shape index (κ3) is 5.26. The molecule has 1 unspecified atom stereocenters. The summed E-state index contributed by atoms with van der Waals surface area (Å²) >= 11 is 1.36. The Morgan fingerprint density at radius 3 is 2.41 bits per heavy atom. The number of aryl methyl sites for hydroxylation is 1. The van der Waals surface area contributed by atoms with Gasteiger partial charge < -0.3 is 10.3 Å². The van der Waals surface area contributed by atoms with Gasteiger partial charge >= 0.3 is 0 Å². The van der Waals surface area contributed by atoms with Crippen molar-refractivity contribution in [3.63, 3.8) is 0 Å². The predicted molar refractivity (Wildman–Crippen MR) is 115 cm³/mol. The van der Waals surface area contributed by atoms with Gasteiger partial charge in [-0.15, -0.1) is 0 Å². The fourth-order valence-electron chi connectivity index (χ4n) is 2.77. The molecule has 0 saturated heterocycles. The monoisotopic (exact) mass is 430 g/mol. The molecule has 9 heteroatoms. The van der Waals surface area contributed by atoms with E-state index >= 15 is 0 Å². The molecule has 1 amide bonds. The van der Waals surface area contributed by atoms with Crippen LogP contribution >= 0.6 is 11.8 Å². The lowest BCUT2D eigenvalue weighted by molar-refractivity contribution is -0.115. The Hall–Kier alpha value is -2.62. The lowest BCUT2D eigenvalue weighted by Gasteiger charge is -2.13. The number of nitrogens with two attached hydrogens (primary N) is 1. The van der Waals surface area contributed by atoms with Gasteiger partial charge in [-0.3, -0.25) is 4.79 Å². The van der Waals surface area contributed by atoms with Crippen LogP contribution in [0.25, 0.3) is 11.3 Å². The number of anilines is 1. The molecule has 0 aliphatic rings. The van der Waals surface area contributed by atoms with Crippen molar-refractivity contribution in [2.45, 2.75) is 35.6 Å². The van der Waals surface area contributed by atoms with Gasteiger partial charge in [-0.2, -0.15) is 0 Å². The number of carbonyl (C=O) groups excluding carboxylic acids is 1. The number of imidazole rings is 1. The maximum atomic E-state index is 12.7. The molecule has 0 radical (unpaired) electrons. The van der Waals surface area contributed by atoms with Crippen LogP contribution in [-0.2, 0) is 14.8 Å². The number of carbonyl (C=O) groups is 1. The minimum atomic E-state index is -3.76. The van der Waals surface area contributed by atoms with E-state index in [9.17, 15) is 13.2 Å². The minimum Gasteiger partial charge on any atom is -0.336 e. The van der Waals surface area contributed by atoms with Crippen molar-refractivity contribution in [2.24, 2.45) is 5.14 Å². The molecule has 3 rings (SSSR count). The third-order valence-electron chi connectivity index (χ3n) is 4.28. The van der Waals surface area contributed by atoms with E-state index in [-0.39, 0.29) is 16.1 Å². The van der Waals surface area contributed by atoms with E-state index in [4.69, 9.17) is 5.14 Å². The van der Waals surface area contributed by atoms with Crippen LogP contribution in [0.15, 0.2) is 64.6 Å². The van der Waals surface area contributed by atoms with Crippen molar-refractivity contribution < 1.29 is 13.2 Å². The summed E-state index contributed by atoms with van der Waals surface area (Å²) in [6, 6.07) is 15.6. The number of nitrogens with one attached hydrogen (secondary N) is 2. The Morgan fingerprint density at radius 2 is 1.83 bits per heavy atom. The first-order chi connectivity index (χ1) is 13.8. The zero-order valence-electron chi connectivity index (χ0n) is 16.0. The fraction of sp³-hybridized carbons (Fsp3) is 0.200. The van der Waals surface area contributed by atoms with Gasteiger partial charge in [-0.05, 0) is 37.6 Å². The highest BCUT2D eigenvalue weighted by molar-refractivity contribution is 8.00. The van der Waals surface area contributed by atoms with Crippen molar-refractivity contribution in [3.05, 3.63) is 60.3 Å². The van der Waals surface area contributed by atoms with Crippen LogP contribution in [-0.4, -0.2) is 29.5 Å². The predicted octanol–water partition coefficient (Wildman–Crippen LogP) is 3.54. The second-order valence-corrected chi connectivity index (χ2v) is 9.21. The van der Waals surface area contributed by atoms with Gasteiger partial charge in [0, 0.05) is 16.9 Å². The van der Waals surface area contributed by atoms with Gasteiger partial charge in [0.15, 0.2) is 5.16 Å². The number of rotatable bonds is 7. The highest BCUT2D eigenvalue weighted by Crippen LogP contribution is 2.29. The van der Waals surface area contributed by atoms with Crippen molar-refractivity contribution in [2.75, 3.05) is 5.32 Å². The van der Waals surface area contributed by atoms with Gasteiger partial charge in [0.05, 0.1) is 15.8 Å². The third-order valence-corrected chi connectivity index (χ3v) is 6.46. The molecule has 7 nitrogen and oxygen atoms in total. The average molecular weight is 431 g/mol. The summed E-state index contributed by atoms with van der Waals surface area (Å²) in [5, 5.41) is 8.21. The maximum absolute atomic E-state index is 12.7.